The molecule has 0 amide bonds. The van der Waals surface area contributed by atoms with Gasteiger partial charge in [0.1, 0.15) is 0 Å². The highest BCUT2D eigenvalue weighted by Gasteiger charge is 2.37. The summed E-state index contributed by atoms with van der Waals surface area (Å²) in [5.41, 5.74) is 6.66. The lowest BCUT2D eigenvalue weighted by molar-refractivity contribution is 0.183. The van der Waals surface area contributed by atoms with Gasteiger partial charge in [0.05, 0.1) is 0 Å². The van der Waals surface area contributed by atoms with Gasteiger partial charge in [0.2, 0.25) is 0 Å². The fourth-order valence-corrected chi connectivity index (χ4v) is 6.78. The summed E-state index contributed by atoms with van der Waals surface area (Å²) in [7, 11) is 0. The van der Waals surface area contributed by atoms with Crippen LogP contribution in [-0.2, 0) is 0 Å². The Labute approximate surface area is 121 Å². The van der Waals surface area contributed by atoms with Gasteiger partial charge in [-0.2, -0.15) is 23.5 Å². The number of nitrogens with two attached hydrogens (primary N) is 1. The molecule has 2 rings (SSSR count). The quantitative estimate of drug-likeness (QED) is 0.849. The van der Waals surface area contributed by atoms with Crippen molar-refractivity contribution in [2.24, 2.45) is 23.5 Å². The second kappa shape index (κ2) is 6.90. The van der Waals surface area contributed by atoms with E-state index in [1.807, 2.05) is 0 Å². The van der Waals surface area contributed by atoms with Crippen LogP contribution in [0.3, 0.4) is 0 Å². The van der Waals surface area contributed by atoms with Crippen LogP contribution in [-0.4, -0.2) is 28.0 Å². The molecule has 1 saturated heterocycles. The van der Waals surface area contributed by atoms with Gasteiger partial charge < -0.3 is 5.73 Å². The van der Waals surface area contributed by atoms with Crippen LogP contribution in [0, 0.1) is 17.8 Å². The number of hydrogen-bond donors (Lipinski definition) is 1. The van der Waals surface area contributed by atoms with Gasteiger partial charge >= 0.3 is 0 Å². The van der Waals surface area contributed by atoms with E-state index in [0.717, 1.165) is 23.0 Å². The minimum absolute atomic E-state index is 0.433. The summed E-state index contributed by atoms with van der Waals surface area (Å²) in [6.45, 7) is 7.16. The SMILES string of the molecule is CCC1SCCSC1C(N)C1CCC(C)C(C)C1. The molecule has 1 saturated carbocycles. The van der Waals surface area contributed by atoms with Gasteiger partial charge in [-0.15, -0.1) is 0 Å². The van der Waals surface area contributed by atoms with Crippen molar-refractivity contribution in [2.45, 2.75) is 63.0 Å². The lowest BCUT2D eigenvalue weighted by Gasteiger charge is -2.41. The molecule has 3 heteroatoms. The molecule has 0 radical (unpaired) electrons. The average molecular weight is 288 g/mol. The molecular weight excluding hydrogens is 258 g/mol. The van der Waals surface area contributed by atoms with Gasteiger partial charge in [0.15, 0.2) is 0 Å². The van der Waals surface area contributed by atoms with E-state index in [-0.39, 0.29) is 0 Å². The van der Waals surface area contributed by atoms with Crippen molar-refractivity contribution in [2.75, 3.05) is 11.5 Å². The molecule has 2 N–H and O–H groups in total. The standard InChI is InChI=1S/C15H29NS2/c1-4-13-15(18-8-7-17-13)14(16)12-6-5-10(2)11(3)9-12/h10-15H,4-9,16H2,1-3H3. The second-order valence-electron chi connectivity index (χ2n) is 6.26. The van der Waals surface area contributed by atoms with Crippen molar-refractivity contribution >= 4 is 23.5 Å². The number of rotatable bonds is 3. The maximum atomic E-state index is 6.66. The molecule has 106 valence electrons. The highest BCUT2D eigenvalue weighted by Crippen LogP contribution is 2.41. The molecule has 0 aromatic heterocycles. The van der Waals surface area contributed by atoms with Gasteiger partial charge in [-0.25, -0.2) is 0 Å². The Morgan fingerprint density at radius 1 is 1.11 bits per heavy atom. The lowest BCUT2D eigenvalue weighted by Crippen LogP contribution is -2.48. The van der Waals surface area contributed by atoms with E-state index in [9.17, 15) is 0 Å². The van der Waals surface area contributed by atoms with Crippen molar-refractivity contribution < 1.29 is 0 Å². The van der Waals surface area contributed by atoms with Crippen LogP contribution in [0.1, 0.15) is 46.5 Å². The van der Waals surface area contributed by atoms with Crippen LogP contribution in [0.4, 0.5) is 0 Å². The van der Waals surface area contributed by atoms with Gasteiger partial charge in [0.25, 0.3) is 0 Å². The zero-order valence-corrected chi connectivity index (χ0v) is 13.7. The first-order valence-corrected chi connectivity index (χ1v) is 9.72. The first-order valence-electron chi connectivity index (χ1n) is 7.62. The number of thioether (sulfide) groups is 2. The van der Waals surface area contributed by atoms with Gasteiger partial charge in [-0.1, -0.05) is 27.2 Å². The normalized spacial score (nSPS) is 43.7. The Kier molecular flexibility index (Phi) is 5.77. The summed E-state index contributed by atoms with van der Waals surface area (Å²) >= 11 is 4.32. The second-order valence-corrected chi connectivity index (χ2v) is 8.89. The van der Waals surface area contributed by atoms with Crippen LogP contribution in [0.25, 0.3) is 0 Å². The van der Waals surface area contributed by atoms with Gasteiger partial charge in [-0.05, 0) is 37.0 Å². The summed E-state index contributed by atoms with van der Waals surface area (Å²) < 4.78 is 0. The predicted octanol–water partition coefficient (Wildman–Crippen LogP) is 4.01. The average Bonchev–Trinajstić information content (AvgIpc) is 2.41. The first kappa shape index (κ1) is 15.1. The maximum Gasteiger partial charge on any atom is 0.0320 e. The van der Waals surface area contributed by atoms with Crippen LogP contribution in [0.2, 0.25) is 0 Å². The highest BCUT2D eigenvalue weighted by molar-refractivity contribution is 8.07. The molecule has 2 aliphatic rings. The van der Waals surface area contributed by atoms with Crippen LogP contribution in [0.5, 0.6) is 0 Å². The molecule has 18 heavy (non-hydrogen) atoms. The minimum Gasteiger partial charge on any atom is -0.326 e. The largest absolute Gasteiger partial charge is 0.326 e. The van der Waals surface area contributed by atoms with Crippen molar-refractivity contribution in [1.82, 2.24) is 0 Å². The summed E-state index contributed by atoms with van der Waals surface area (Å²) in [5, 5.41) is 1.51. The fourth-order valence-electron chi connectivity index (χ4n) is 3.50. The van der Waals surface area contributed by atoms with E-state index in [1.54, 1.807) is 0 Å². The molecule has 6 unspecified atom stereocenters. The van der Waals surface area contributed by atoms with Crippen molar-refractivity contribution in [3.63, 3.8) is 0 Å². The van der Waals surface area contributed by atoms with E-state index in [0.29, 0.717) is 11.3 Å². The lowest BCUT2D eigenvalue weighted by atomic mass is 9.72. The third-order valence-electron chi connectivity index (χ3n) is 5.06. The van der Waals surface area contributed by atoms with Crippen molar-refractivity contribution in [3.05, 3.63) is 0 Å². The van der Waals surface area contributed by atoms with E-state index in [4.69, 9.17) is 5.73 Å². The predicted molar refractivity (Wildman–Crippen MR) is 86.4 cm³/mol. The third-order valence-corrected chi connectivity index (χ3v) is 8.45. The Morgan fingerprint density at radius 2 is 1.83 bits per heavy atom. The molecule has 0 spiro atoms. The molecule has 2 fully saturated rings. The maximum absolute atomic E-state index is 6.66. The smallest absolute Gasteiger partial charge is 0.0320 e. The fraction of sp³-hybridized carbons (Fsp3) is 1.00. The molecule has 1 aliphatic carbocycles. The van der Waals surface area contributed by atoms with Crippen molar-refractivity contribution in [1.29, 1.82) is 0 Å². The molecule has 0 bridgehead atoms. The molecule has 1 nitrogen and oxygen atoms in total. The Hall–Kier alpha value is 0.660. The monoisotopic (exact) mass is 287 g/mol. The van der Waals surface area contributed by atoms with Crippen LogP contribution in [0.15, 0.2) is 0 Å². The van der Waals surface area contributed by atoms with Gasteiger partial charge in [-0.3, -0.25) is 0 Å². The van der Waals surface area contributed by atoms with E-state index in [2.05, 4.69) is 44.3 Å². The molecule has 1 heterocycles. The Morgan fingerprint density at radius 3 is 2.50 bits per heavy atom. The van der Waals surface area contributed by atoms with E-state index < -0.39 is 0 Å². The summed E-state index contributed by atoms with van der Waals surface area (Å²) in [6.07, 6.45) is 5.40. The minimum atomic E-state index is 0.433. The Bertz CT molecular complexity index is 259. The molecule has 1 aliphatic heterocycles. The van der Waals surface area contributed by atoms with Crippen LogP contribution >= 0.6 is 23.5 Å². The van der Waals surface area contributed by atoms with Crippen LogP contribution < -0.4 is 5.73 Å². The van der Waals surface area contributed by atoms with Gasteiger partial charge in [0, 0.05) is 28.0 Å². The van der Waals surface area contributed by atoms with Crippen molar-refractivity contribution in [3.8, 4) is 0 Å². The number of hydrogen-bond acceptors (Lipinski definition) is 3. The van der Waals surface area contributed by atoms with E-state index in [1.165, 1.54) is 37.2 Å². The molecule has 0 aromatic carbocycles. The molecule has 6 atom stereocenters. The summed E-state index contributed by atoms with van der Waals surface area (Å²) in [4.78, 5) is 0. The Balaban J connectivity index is 1.95. The molecule has 0 aromatic rings. The highest BCUT2D eigenvalue weighted by atomic mass is 32.2. The zero-order chi connectivity index (χ0) is 13.1. The first-order chi connectivity index (χ1) is 8.63. The van der Waals surface area contributed by atoms with E-state index >= 15 is 0 Å². The third kappa shape index (κ3) is 3.40. The molecular formula is C15H29NS2. The summed E-state index contributed by atoms with van der Waals surface area (Å²) in [6, 6.07) is 0.433. The summed E-state index contributed by atoms with van der Waals surface area (Å²) in [5.74, 6) is 5.18. The zero-order valence-electron chi connectivity index (χ0n) is 12.1. The topological polar surface area (TPSA) is 26.0 Å².